The fourth-order valence-corrected chi connectivity index (χ4v) is 2.28. The molecule has 8 N–H and O–H groups in total. The summed E-state index contributed by atoms with van der Waals surface area (Å²) in [5.41, 5.74) is 5.42. The number of carboxylic acid groups (broad SMARTS) is 3. The third-order valence-electron chi connectivity index (χ3n) is 4.27. The van der Waals surface area contributed by atoms with Crippen LogP contribution in [0.4, 0.5) is 0 Å². The number of hydrogen-bond acceptors (Lipinski definition) is 7. The Hall–Kier alpha value is -3.22. The second-order valence-corrected chi connectivity index (χ2v) is 6.80. The third-order valence-corrected chi connectivity index (χ3v) is 4.27. The molecule has 0 rings (SSSR count). The summed E-state index contributed by atoms with van der Waals surface area (Å²) in [6.07, 6.45) is -1.08. The van der Waals surface area contributed by atoms with Gasteiger partial charge in [0.15, 0.2) is 0 Å². The Bertz CT molecular complexity index is 682. The van der Waals surface area contributed by atoms with Gasteiger partial charge in [-0.05, 0) is 12.8 Å². The highest BCUT2D eigenvalue weighted by Gasteiger charge is 2.32. The highest BCUT2D eigenvalue weighted by Crippen LogP contribution is 2.09. The van der Waals surface area contributed by atoms with E-state index in [0.29, 0.717) is 6.42 Å². The van der Waals surface area contributed by atoms with Crippen molar-refractivity contribution in [1.82, 2.24) is 16.0 Å². The zero-order valence-electron chi connectivity index (χ0n) is 16.9. The number of carbonyl (C=O) groups is 6. The summed E-state index contributed by atoms with van der Waals surface area (Å²) in [5.74, 6) is -7.29. The molecule has 0 aromatic rings. The highest BCUT2D eigenvalue weighted by molar-refractivity contribution is 5.95. The van der Waals surface area contributed by atoms with Gasteiger partial charge in [-0.3, -0.25) is 24.0 Å². The summed E-state index contributed by atoms with van der Waals surface area (Å²) < 4.78 is 0. The number of amides is 3. The molecule has 0 aliphatic heterocycles. The Morgan fingerprint density at radius 1 is 0.800 bits per heavy atom. The lowest BCUT2D eigenvalue weighted by Crippen LogP contribution is -2.58. The number of nitrogens with two attached hydrogens (primary N) is 1. The molecular formula is C17H28N4O9. The van der Waals surface area contributed by atoms with E-state index in [4.69, 9.17) is 21.1 Å². The molecular weight excluding hydrogens is 404 g/mol. The molecule has 5 unspecified atom stereocenters. The number of carbonyl (C=O) groups excluding carboxylic acids is 3. The predicted molar refractivity (Wildman–Crippen MR) is 101 cm³/mol. The Kier molecular flexibility index (Phi) is 11.0. The van der Waals surface area contributed by atoms with Gasteiger partial charge in [0.25, 0.3) is 0 Å². The van der Waals surface area contributed by atoms with Crippen molar-refractivity contribution >= 4 is 35.6 Å². The highest BCUT2D eigenvalue weighted by atomic mass is 16.4. The summed E-state index contributed by atoms with van der Waals surface area (Å²) in [5, 5.41) is 33.2. The normalized spacial score (nSPS) is 15.6. The van der Waals surface area contributed by atoms with Crippen LogP contribution in [0.2, 0.25) is 0 Å². The van der Waals surface area contributed by atoms with Crippen LogP contribution in [0.3, 0.4) is 0 Å². The molecule has 0 saturated heterocycles. The van der Waals surface area contributed by atoms with Gasteiger partial charge in [-0.1, -0.05) is 20.3 Å². The first-order valence-electron chi connectivity index (χ1n) is 9.13. The van der Waals surface area contributed by atoms with Crippen LogP contribution in [0.1, 0.15) is 40.0 Å². The molecule has 170 valence electrons. The molecule has 13 nitrogen and oxygen atoms in total. The van der Waals surface area contributed by atoms with E-state index in [0.717, 1.165) is 0 Å². The lowest BCUT2D eigenvalue weighted by molar-refractivity contribution is -0.147. The topological polar surface area (TPSA) is 225 Å². The van der Waals surface area contributed by atoms with Gasteiger partial charge in [-0.15, -0.1) is 0 Å². The summed E-state index contributed by atoms with van der Waals surface area (Å²) >= 11 is 0. The Morgan fingerprint density at radius 2 is 1.33 bits per heavy atom. The molecule has 0 aliphatic rings. The molecule has 0 aromatic carbocycles. The molecule has 0 aliphatic carbocycles. The van der Waals surface area contributed by atoms with Crippen LogP contribution in [-0.2, 0) is 28.8 Å². The van der Waals surface area contributed by atoms with E-state index < -0.39 is 78.6 Å². The number of hydrogen-bond donors (Lipinski definition) is 7. The molecule has 0 saturated carbocycles. The van der Waals surface area contributed by atoms with Crippen molar-refractivity contribution in [2.45, 2.75) is 64.2 Å². The smallest absolute Gasteiger partial charge is 0.326 e. The molecule has 0 radical (unpaired) electrons. The van der Waals surface area contributed by atoms with E-state index in [1.165, 1.54) is 6.92 Å². The third kappa shape index (κ3) is 9.32. The van der Waals surface area contributed by atoms with Crippen LogP contribution in [0.5, 0.6) is 0 Å². The summed E-state index contributed by atoms with van der Waals surface area (Å²) in [4.78, 5) is 69.3. The summed E-state index contributed by atoms with van der Waals surface area (Å²) in [7, 11) is 0. The molecule has 0 spiro atoms. The molecule has 0 fully saturated rings. The molecule has 0 heterocycles. The van der Waals surface area contributed by atoms with Gasteiger partial charge in [-0.2, -0.15) is 0 Å². The molecule has 5 atom stereocenters. The van der Waals surface area contributed by atoms with Crippen LogP contribution >= 0.6 is 0 Å². The van der Waals surface area contributed by atoms with Crippen molar-refractivity contribution in [3.8, 4) is 0 Å². The fraction of sp³-hybridized carbons (Fsp3) is 0.647. The Labute approximate surface area is 172 Å². The van der Waals surface area contributed by atoms with Gasteiger partial charge >= 0.3 is 17.9 Å². The first kappa shape index (κ1) is 26.8. The summed E-state index contributed by atoms with van der Waals surface area (Å²) in [6.45, 7) is 4.62. The van der Waals surface area contributed by atoms with Crippen molar-refractivity contribution in [3.63, 3.8) is 0 Å². The minimum Gasteiger partial charge on any atom is -0.481 e. The Balaban J connectivity index is 5.19. The molecule has 0 aromatic heterocycles. The van der Waals surface area contributed by atoms with E-state index >= 15 is 0 Å². The van der Waals surface area contributed by atoms with Crippen LogP contribution in [0.15, 0.2) is 0 Å². The largest absolute Gasteiger partial charge is 0.481 e. The lowest BCUT2D eigenvalue weighted by atomic mass is 9.97. The fourth-order valence-electron chi connectivity index (χ4n) is 2.28. The van der Waals surface area contributed by atoms with E-state index in [1.54, 1.807) is 13.8 Å². The minimum absolute atomic E-state index is 0.416. The second-order valence-electron chi connectivity index (χ2n) is 6.80. The number of nitrogens with one attached hydrogen (secondary N) is 3. The predicted octanol–water partition coefficient (Wildman–Crippen LogP) is -2.13. The van der Waals surface area contributed by atoms with Crippen molar-refractivity contribution in [2.75, 3.05) is 0 Å². The van der Waals surface area contributed by atoms with Crippen molar-refractivity contribution in [3.05, 3.63) is 0 Å². The van der Waals surface area contributed by atoms with Gasteiger partial charge in [0, 0.05) is 0 Å². The maximum absolute atomic E-state index is 12.5. The van der Waals surface area contributed by atoms with E-state index in [-0.39, 0.29) is 0 Å². The Morgan fingerprint density at radius 3 is 1.77 bits per heavy atom. The van der Waals surface area contributed by atoms with E-state index in [2.05, 4.69) is 16.0 Å². The quantitative estimate of drug-likeness (QED) is 0.167. The van der Waals surface area contributed by atoms with Crippen LogP contribution in [0.25, 0.3) is 0 Å². The van der Waals surface area contributed by atoms with Gasteiger partial charge in [0.1, 0.15) is 18.1 Å². The van der Waals surface area contributed by atoms with Crippen molar-refractivity contribution in [2.24, 2.45) is 11.7 Å². The number of rotatable bonds is 13. The lowest BCUT2D eigenvalue weighted by Gasteiger charge is -2.26. The maximum Gasteiger partial charge on any atom is 0.326 e. The number of aliphatic carboxylic acids is 3. The maximum atomic E-state index is 12.5. The van der Waals surface area contributed by atoms with Crippen LogP contribution in [-0.4, -0.2) is 75.1 Å². The average molecular weight is 432 g/mol. The molecule has 3 amide bonds. The summed E-state index contributed by atoms with van der Waals surface area (Å²) in [6, 6.07) is -5.44. The first-order chi connectivity index (χ1) is 13.8. The average Bonchev–Trinajstić information content (AvgIpc) is 2.63. The molecule has 0 bridgehead atoms. The SMILES string of the molecule is CCC(C)C(NC(=O)C(C)NC(=O)C(N)CC(=O)O)C(=O)NC(CC(=O)O)C(=O)O. The van der Waals surface area contributed by atoms with Crippen molar-refractivity contribution in [1.29, 1.82) is 0 Å². The zero-order chi connectivity index (χ0) is 23.6. The zero-order valence-corrected chi connectivity index (χ0v) is 16.9. The van der Waals surface area contributed by atoms with Crippen molar-refractivity contribution < 1.29 is 44.1 Å². The minimum atomic E-state index is -1.69. The van der Waals surface area contributed by atoms with Crippen LogP contribution < -0.4 is 21.7 Å². The second kappa shape index (κ2) is 12.4. The van der Waals surface area contributed by atoms with Gasteiger partial charge in [-0.25, -0.2) is 4.79 Å². The van der Waals surface area contributed by atoms with Gasteiger partial charge in [0.05, 0.1) is 18.9 Å². The monoisotopic (exact) mass is 432 g/mol. The van der Waals surface area contributed by atoms with Gasteiger partial charge < -0.3 is 37.0 Å². The molecule has 13 heteroatoms. The first-order valence-corrected chi connectivity index (χ1v) is 9.13. The van der Waals surface area contributed by atoms with E-state index in [1.807, 2.05) is 0 Å². The van der Waals surface area contributed by atoms with Gasteiger partial charge in [0.2, 0.25) is 17.7 Å². The number of carboxylic acids is 3. The van der Waals surface area contributed by atoms with Crippen LogP contribution in [0, 0.1) is 5.92 Å². The molecule has 30 heavy (non-hydrogen) atoms. The van der Waals surface area contributed by atoms with E-state index in [9.17, 15) is 28.8 Å². The standard InChI is InChI=1S/C17H28N4O9/c1-4-7(2)13(16(28)20-10(17(29)30)6-12(24)25)21-14(26)8(3)19-15(27)9(18)5-11(22)23/h7-10,13H,4-6,18H2,1-3H3,(H,19,27)(H,20,28)(H,21,26)(H,22,23)(H,24,25)(H,29,30).